The number of thiophene rings is 1. The molecular weight excluding hydrogens is 342 g/mol. The molecule has 1 saturated carbocycles. The first-order valence-electron chi connectivity index (χ1n) is 8.32. The number of rotatable bonds is 4. The van der Waals surface area contributed by atoms with Gasteiger partial charge in [0.25, 0.3) is 0 Å². The van der Waals surface area contributed by atoms with Crippen LogP contribution in [-0.2, 0) is 0 Å². The molecular formula is C18H30BrNS. The Hall–Kier alpha value is 0.140. The molecule has 0 bridgehead atoms. The van der Waals surface area contributed by atoms with Gasteiger partial charge in [0.1, 0.15) is 0 Å². The van der Waals surface area contributed by atoms with Crippen LogP contribution in [0.1, 0.15) is 69.9 Å². The largest absolute Gasteiger partial charge is 0.309 e. The Morgan fingerprint density at radius 1 is 1.29 bits per heavy atom. The maximum absolute atomic E-state index is 3.75. The molecule has 1 aliphatic rings. The van der Waals surface area contributed by atoms with Crippen molar-refractivity contribution in [2.75, 3.05) is 6.54 Å². The Bertz CT molecular complexity index is 433. The molecule has 21 heavy (non-hydrogen) atoms. The first kappa shape index (κ1) is 17.5. The summed E-state index contributed by atoms with van der Waals surface area (Å²) in [5.74, 6) is 1.70. The molecule has 0 radical (unpaired) electrons. The summed E-state index contributed by atoms with van der Waals surface area (Å²) in [4.78, 5) is 1.51. The predicted molar refractivity (Wildman–Crippen MR) is 98.1 cm³/mol. The maximum Gasteiger partial charge on any atom is 0.0731 e. The molecule has 1 unspecified atom stereocenters. The number of hydrogen-bond donors (Lipinski definition) is 1. The highest BCUT2D eigenvalue weighted by Gasteiger charge is 2.33. The molecule has 1 aromatic heterocycles. The number of hydrogen-bond acceptors (Lipinski definition) is 2. The van der Waals surface area contributed by atoms with E-state index in [1.165, 1.54) is 39.9 Å². The minimum absolute atomic E-state index is 0.473. The standard InChI is InChI=1S/C18H30BrNS/c1-6-20-16(15-11-12(2)17(19)21-15)13-7-9-14(10-8-13)18(3,4)5/h11,13-14,16,20H,6-10H2,1-5H3. The summed E-state index contributed by atoms with van der Waals surface area (Å²) < 4.78 is 1.30. The molecule has 2 rings (SSSR count). The highest BCUT2D eigenvalue weighted by Crippen LogP contribution is 2.45. The summed E-state index contributed by atoms with van der Waals surface area (Å²) >= 11 is 5.60. The van der Waals surface area contributed by atoms with Crippen LogP contribution in [0.5, 0.6) is 0 Å². The first-order chi connectivity index (χ1) is 9.82. The second kappa shape index (κ2) is 7.14. The molecule has 1 atom stereocenters. The van der Waals surface area contributed by atoms with E-state index in [1.54, 1.807) is 0 Å². The highest BCUT2D eigenvalue weighted by atomic mass is 79.9. The van der Waals surface area contributed by atoms with Crippen LogP contribution in [0.25, 0.3) is 0 Å². The van der Waals surface area contributed by atoms with Crippen LogP contribution in [-0.4, -0.2) is 6.54 Å². The Balaban J connectivity index is 2.07. The van der Waals surface area contributed by atoms with Gasteiger partial charge in [-0.15, -0.1) is 11.3 Å². The lowest BCUT2D eigenvalue weighted by molar-refractivity contribution is 0.133. The van der Waals surface area contributed by atoms with Crippen molar-refractivity contribution in [2.24, 2.45) is 17.3 Å². The van der Waals surface area contributed by atoms with Gasteiger partial charge in [0, 0.05) is 10.9 Å². The van der Waals surface area contributed by atoms with Crippen molar-refractivity contribution >= 4 is 27.3 Å². The van der Waals surface area contributed by atoms with Crippen molar-refractivity contribution in [3.8, 4) is 0 Å². The van der Waals surface area contributed by atoms with Crippen LogP contribution in [0.3, 0.4) is 0 Å². The van der Waals surface area contributed by atoms with Crippen molar-refractivity contribution in [1.29, 1.82) is 0 Å². The Labute approximate surface area is 143 Å². The normalized spacial score (nSPS) is 25.0. The zero-order valence-corrected chi connectivity index (χ0v) is 16.5. The van der Waals surface area contributed by atoms with E-state index in [4.69, 9.17) is 0 Å². The topological polar surface area (TPSA) is 12.0 Å². The molecule has 1 aliphatic carbocycles. The molecule has 1 nitrogen and oxygen atoms in total. The summed E-state index contributed by atoms with van der Waals surface area (Å²) in [7, 11) is 0. The van der Waals surface area contributed by atoms with Crippen LogP contribution in [0.2, 0.25) is 0 Å². The predicted octanol–water partition coefficient (Wildman–Crippen LogP) is 6.32. The third-order valence-electron chi connectivity index (χ3n) is 5.07. The third kappa shape index (κ3) is 4.33. The summed E-state index contributed by atoms with van der Waals surface area (Å²) in [5, 5.41) is 3.75. The van der Waals surface area contributed by atoms with Crippen molar-refractivity contribution in [2.45, 2.75) is 66.3 Å². The van der Waals surface area contributed by atoms with E-state index in [0.29, 0.717) is 11.5 Å². The number of nitrogens with one attached hydrogen (secondary N) is 1. The van der Waals surface area contributed by atoms with E-state index in [9.17, 15) is 0 Å². The van der Waals surface area contributed by atoms with E-state index in [-0.39, 0.29) is 0 Å². The van der Waals surface area contributed by atoms with Crippen molar-refractivity contribution < 1.29 is 0 Å². The molecule has 1 fully saturated rings. The molecule has 0 saturated heterocycles. The second-order valence-electron chi connectivity index (χ2n) is 7.62. The maximum atomic E-state index is 3.75. The second-order valence-corrected chi connectivity index (χ2v) is 10.0. The van der Waals surface area contributed by atoms with Gasteiger partial charge in [-0.3, -0.25) is 0 Å². The molecule has 0 amide bonds. The van der Waals surface area contributed by atoms with Gasteiger partial charge in [-0.2, -0.15) is 0 Å². The lowest BCUT2D eigenvalue weighted by Gasteiger charge is -2.39. The fourth-order valence-electron chi connectivity index (χ4n) is 3.67. The monoisotopic (exact) mass is 371 g/mol. The van der Waals surface area contributed by atoms with Crippen LogP contribution < -0.4 is 5.32 Å². The first-order valence-corrected chi connectivity index (χ1v) is 9.93. The average Bonchev–Trinajstić information content (AvgIpc) is 2.75. The lowest BCUT2D eigenvalue weighted by Crippen LogP contribution is -2.33. The third-order valence-corrected chi connectivity index (χ3v) is 7.29. The minimum atomic E-state index is 0.473. The van der Waals surface area contributed by atoms with Crippen molar-refractivity contribution in [1.82, 2.24) is 5.32 Å². The fraction of sp³-hybridized carbons (Fsp3) is 0.778. The van der Waals surface area contributed by atoms with E-state index in [0.717, 1.165) is 18.4 Å². The average molecular weight is 372 g/mol. The van der Waals surface area contributed by atoms with Gasteiger partial charge < -0.3 is 5.32 Å². The van der Waals surface area contributed by atoms with Crippen molar-refractivity contribution in [3.05, 3.63) is 20.3 Å². The SMILES string of the molecule is CCNC(c1cc(C)c(Br)s1)C1CCC(C(C)(C)C)CC1. The summed E-state index contributed by atoms with van der Waals surface area (Å²) in [6.07, 6.45) is 5.52. The summed E-state index contributed by atoms with van der Waals surface area (Å²) in [6.45, 7) is 12.7. The van der Waals surface area contributed by atoms with E-state index < -0.39 is 0 Å². The van der Waals surface area contributed by atoms with E-state index in [1.807, 2.05) is 11.3 Å². The van der Waals surface area contributed by atoms with Gasteiger partial charge in [0.2, 0.25) is 0 Å². The smallest absolute Gasteiger partial charge is 0.0731 e. The van der Waals surface area contributed by atoms with Gasteiger partial charge in [-0.05, 0) is 84.0 Å². The van der Waals surface area contributed by atoms with E-state index in [2.05, 4.69) is 61.9 Å². The molecule has 0 aromatic carbocycles. The molecule has 1 N–H and O–H groups in total. The van der Waals surface area contributed by atoms with Crippen LogP contribution in [0, 0.1) is 24.2 Å². The van der Waals surface area contributed by atoms with E-state index >= 15 is 0 Å². The molecule has 1 aromatic rings. The number of halogens is 1. The summed E-state index contributed by atoms with van der Waals surface area (Å²) in [5.41, 5.74) is 1.85. The lowest BCUT2D eigenvalue weighted by atomic mass is 9.68. The van der Waals surface area contributed by atoms with Crippen LogP contribution in [0.15, 0.2) is 9.85 Å². The Morgan fingerprint density at radius 2 is 1.90 bits per heavy atom. The fourth-order valence-corrected chi connectivity index (χ4v) is 5.42. The van der Waals surface area contributed by atoms with Crippen LogP contribution >= 0.6 is 27.3 Å². The van der Waals surface area contributed by atoms with Gasteiger partial charge in [-0.1, -0.05) is 27.7 Å². The van der Waals surface area contributed by atoms with Crippen LogP contribution in [0.4, 0.5) is 0 Å². The van der Waals surface area contributed by atoms with Crippen molar-refractivity contribution in [3.63, 3.8) is 0 Å². The van der Waals surface area contributed by atoms with Gasteiger partial charge in [0.05, 0.1) is 3.79 Å². The van der Waals surface area contributed by atoms with Gasteiger partial charge in [0.15, 0.2) is 0 Å². The highest BCUT2D eigenvalue weighted by molar-refractivity contribution is 9.11. The van der Waals surface area contributed by atoms with Gasteiger partial charge >= 0.3 is 0 Å². The Kier molecular flexibility index (Phi) is 5.95. The Morgan fingerprint density at radius 3 is 2.33 bits per heavy atom. The molecule has 0 spiro atoms. The molecule has 1 heterocycles. The minimum Gasteiger partial charge on any atom is -0.309 e. The zero-order chi connectivity index (χ0) is 15.6. The zero-order valence-electron chi connectivity index (χ0n) is 14.1. The summed E-state index contributed by atoms with van der Waals surface area (Å²) in [6, 6.07) is 2.92. The quantitative estimate of drug-likeness (QED) is 0.652. The van der Waals surface area contributed by atoms with Gasteiger partial charge in [-0.25, -0.2) is 0 Å². The molecule has 3 heteroatoms. The molecule has 0 aliphatic heterocycles. The molecule has 120 valence electrons. The number of aryl methyl sites for hydroxylation is 1.